The van der Waals surface area contributed by atoms with Crippen LogP contribution in [0, 0.1) is 0 Å². The van der Waals surface area contributed by atoms with Crippen LogP contribution >= 0.6 is 11.8 Å². The van der Waals surface area contributed by atoms with Crippen LogP contribution in [0.4, 0.5) is 0 Å². The zero-order valence-electron chi connectivity index (χ0n) is 17.5. The van der Waals surface area contributed by atoms with Crippen LogP contribution in [0.3, 0.4) is 0 Å². The van der Waals surface area contributed by atoms with Crippen LogP contribution in [-0.2, 0) is 17.6 Å². The van der Waals surface area contributed by atoms with E-state index in [1.807, 2.05) is 67.0 Å². The van der Waals surface area contributed by atoms with Crippen LogP contribution in [0.1, 0.15) is 27.9 Å². The second kappa shape index (κ2) is 13.4. The van der Waals surface area contributed by atoms with Crippen molar-refractivity contribution >= 4 is 53.2 Å². The molecule has 0 fully saturated rings. The molecule has 0 saturated carbocycles. The molecule has 0 saturated heterocycles. The summed E-state index contributed by atoms with van der Waals surface area (Å²) in [4.78, 5) is 28.7. The number of aryl methyl sites for hydroxylation is 2. The van der Waals surface area contributed by atoms with Crippen LogP contribution in [0.2, 0.25) is 0 Å². The average molecular weight is 459 g/mol. The fourth-order valence-corrected chi connectivity index (χ4v) is 3.84. The number of nitrogens with zero attached hydrogens (tertiary/aromatic N) is 1. The predicted octanol–water partition coefficient (Wildman–Crippen LogP) is 3.82. The third-order valence-electron chi connectivity index (χ3n) is 5.05. The molecule has 32 heavy (non-hydrogen) atoms. The zero-order valence-corrected chi connectivity index (χ0v) is 18.3. The molecule has 5 nitrogen and oxygen atoms in total. The van der Waals surface area contributed by atoms with Gasteiger partial charge in [0.05, 0.1) is 0 Å². The quantitative estimate of drug-likeness (QED) is 0.452. The molecule has 3 aromatic rings. The Hall–Kier alpha value is -2.12. The van der Waals surface area contributed by atoms with Crippen LogP contribution in [0.5, 0.6) is 0 Å². The van der Waals surface area contributed by atoms with Crippen molar-refractivity contribution < 1.29 is 14.7 Å². The fraction of sp³-hybridized carbons (Fsp3) is 0.240. The molecule has 1 heterocycles. The van der Waals surface area contributed by atoms with Gasteiger partial charge in [-0.15, -0.1) is 0 Å². The Balaban J connectivity index is 0.00000363. The molecule has 0 spiro atoms. The molecule has 0 aliphatic heterocycles. The first kappa shape index (κ1) is 26.1. The van der Waals surface area contributed by atoms with Gasteiger partial charge in [0.1, 0.15) is 6.04 Å². The van der Waals surface area contributed by atoms with E-state index in [4.69, 9.17) is 0 Å². The minimum atomic E-state index is -1.02. The summed E-state index contributed by atoms with van der Waals surface area (Å²) >= 11 is 1.56. The monoisotopic (exact) mass is 458 g/mol. The molecule has 0 aliphatic rings. The first-order valence-corrected chi connectivity index (χ1v) is 11.6. The van der Waals surface area contributed by atoms with Gasteiger partial charge in [-0.1, -0.05) is 48.5 Å². The standard InChI is InChI=1S/C25H26N2O3S.Na.H/c1-31-15-13-23(25(29)30)27-24(28)21-12-11-18(9-10-19-6-5-14-26-17-19)16-22(21)20-7-3-2-4-8-20;;/h2-8,11-12,14,16-17,23H,9-10,13,15H2,1H3,(H,27,28)(H,29,30);;. The van der Waals surface area contributed by atoms with Crippen LogP contribution in [0.15, 0.2) is 73.1 Å². The molecule has 0 aliphatic carbocycles. The summed E-state index contributed by atoms with van der Waals surface area (Å²) in [5.41, 5.74) is 4.47. The Labute approximate surface area is 215 Å². The summed E-state index contributed by atoms with van der Waals surface area (Å²) in [5, 5.41) is 12.2. The van der Waals surface area contributed by atoms with E-state index in [0.29, 0.717) is 17.7 Å². The Bertz CT molecular complexity index is 1020. The van der Waals surface area contributed by atoms with E-state index >= 15 is 0 Å². The number of carbonyl (C=O) groups excluding carboxylic acids is 1. The van der Waals surface area contributed by atoms with Gasteiger partial charge in [0, 0.05) is 18.0 Å². The Kier molecular flexibility index (Phi) is 11.0. The maximum atomic E-state index is 13.0. The van der Waals surface area contributed by atoms with Gasteiger partial charge in [-0.3, -0.25) is 9.78 Å². The summed E-state index contributed by atoms with van der Waals surface area (Å²) in [6.45, 7) is 0. The van der Waals surface area contributed by atoms with E-state index in [-0.39, 0.29) is 35.5 Å². The van der Waals surface area contributed by atoms with Crippen molar-refractivity contribution in [3.8, 4) is 11.1 Å². The summed E-state index contributed by atoms with van der Waals surface area (Å²) < 4.78 is 0. The van der Waals surface area contributed by atoms with Crippen LogP contribution in [0.25, 0.3) is 11.1 Å². The Morgan fingerprint density at radius 1 is 1.03 bits per heavy atom. The normalized spacial score (nSPS) is 11.3. The molecule has 0 bridgehead atoms. The molecular formula is C25H27N2NaO3S. The molecule has 2 aromatic carbocycles. The van der Waals surface area contributed by atoms with Gasteiger partial charge in [0.2, 0.25) is 0 Å². The van der Waals surface area contributed by atoms with Crippen molar-refractivity contribution in [1.82, 2.24) is 10.3 Å². The summed E-state index contributed by atoms with van der Waals surface area (Å²) in [7, 11) is 0. The van der Waals surface area contributed by atoms with Crippen molar-refractivity contribution in [2.75, 3.05) is 12.0 Å². The molecule has 1 unspecified atom stereocenters. The number of carbonyl (C=O) groups is 2. The number of rotatable bonds is 10. The van der Waals surface area contributed by atoms with Gasteiger partial charge >= 0.3 is 35.5 Å². The van der Waals surface area contributed by atoms with E-state index in [9.17, 15) is 14.7 Å². The van der Waals surface area contributed by atoms with E-state index < -0.39 is 12.0 Å². The SMILES string of the molecule is CSCCC(NC(=O)c1ccc(CCc2cccnc2)cc1-c1ccccc1)C(=O)O.[NaH]. The second-order valence-corrected chi connectivity index (χ2v) is 8.24. The van der Waals surface area contributed by atoms with E-state index in [0.717, 1.165) is 35.1 Å². The Morgan fingerprint density at radius 3 is 2.44 bits per heavy atom. The molecule has 1 aromatic heterocycles. The van der Waals surface area contributed by atoms with Gasteiger partial charge in [-0.2, -0.15) is 11.8 Å². The number of nitrogens with one attached hydrogen (secondary N) is 1. The first-order valence-electron chi connectivity index (χ1n) is 10.2. The van der Waals surface area contributed by atoms with Gasteiger partial charge < -0.3 is 10.4 Å². The summed E-state index contributed by atoms with van der Waals surface area (Å²) in [6.07, 6.45) is 7.58. The number of hydrogen-bond acceptors (Lipinski definition) is 4. The molecule has 7 heteroatoms. The topological polar surface area (TPSA) is 79.3 Å². The first-order chi connectivity index (χ1) is 15.1. The second-order valence-electron chi connectivity index (χ2n) is 7.25. The number of aliphatic carboxylic acids is 1. The van der Waals surface area contributed by atoms with E-state index in [1.165, 1.54) is 0 Å². The van der Waals surface area contributed by atoms with Crippen molar-refractivity contribution in [2.45, 2.75) is 25.3 Å². The average Bonchev–Trinajstić information content (AvgIpc) is 2.81. The third kappa shape index (κ3) is 7.48. The molecular weight excluding hydrogens is 431 g/mol. The fourth-order valence-electron chi connectivity index (χ4n) is 3.37. The maximum absolute atomic E-state index is 13.0. The number of thioether (sulfide) groups is 1. The number of amides is 1. The number of pyridine rings is 1. The van der Waals surface area contributed by atoms with Crippen molar-refractivity contribution in [1.29, 1.82) is 0 Å². The minimum absolute atomic E-state index is 0. The number of hydrogen-bond donors (Lipinski definition) is 2. The summed E-state index contributed by atoms with van der Waals surface area (Å²) in [6, 6.07) is 18.5. The van der Waals surface area contributed by atoms with Gasteiger partial charge in [0.15, 0.2) is 0 Å². The number of carboxylic acid groups (broad SMARTS) is 1. The number of carboxylic acids is 1. The number of aromatic nitrogens is 1. The number of benzene rings is 2. The molecule has 1 amide bonds. The summed E-state index contributed by atoms with van der Waals surface area (Å²) in [5.74, 6) is -0.723. The molecule has 162 valence electrons. The van der Waals surface area contributed by atoms with Gasteiger partial charge in [-0.05, 0) is 65.7 Å². The zero-order chi connectivity index (χ0) is 22.1. The van der Waals surface area contributed by atoms with Crippen molar-refractivity contribution in [3.63, 3.8) is 0 Å². The van der Waals surface area contributed by atoms with Gasteiger partial charge in [-0.25, -0.2) is 4.79 Å². The van der Waals surface area contributed by atoms with Crippen LogP contribution < -0.4 is 5.32 Å². The molecule has 0 radical (unpaired) electrons. The predicted molar refractivity (Wildman–Crippen MR) is 133 cm³/mol. The van der Waals surface area contributed by atoms with E-state index in [2.05, 4.69) is 10.3 Å². The molecule has 3 rings (SSSR count). The van der Waals surface area contributed by atoms with Crippen LogP contribution in [-0.4, -0.2) is 69.6 Å². The molecule has 2 N–H and O–H groups in total. The van der Waals surface area contributed by atoms with E-state index in [1.54, 1.807) is 24.0 Å². The third-order valence-corrected chi connectivity index (χ3v) is 5.70. The van der Waals surface area contributed by atoms with Gasteiger partial charge in [0.25, 0.3) is 5.91 Å². The van der Waals surface area contributed by atoms with Crippen molar-refractivity contribution in [3.05, 3.63) is 89.7 Å². The van der Waals surface area contributed by atoms with Crippen molar-refractivity contribution in [2.24, 2.45) is 0 Å². The molecule has 1 atom stereocenters. The Morgan fingerprint density at radius 2 is 1.78 bits per heavy atom.